The molecule has 1 amide bonds. The standard InChI is InChI=1S/C20H26N2O/c1-14(2)13-19(21)17-9-5-15(6-10-17)16-7-11-18(12-8-16)20(23)22(3)4/h5-12,14,19H,13,21H2,1-4H3. The second kappa shape index (κ2) is 7.42. The maximum Gasteiger partial charge on any atom is 0.253 e. The lowest BCUT2D eigenvalue weighted by molar-refractivity contribution is 0.0827. The van der Waals surface area contributed by atoms with Gasteiger partial charge in [-0.15, -0.1) is 0 Å². The summed E-state index contributed by atoms with van der Waals surface area (Å²) in [6.45, 7) is 4.37. The van der Waals surface area contributed by atoms with E-state index >= 15 is 0 Å². The minimum absolute atomic E-state index is 0.0200. The first kappa shape index (κ1) is 17.2. The van der Waals surface area contributed by atoms with Gasteiger partial charge in [-0.2, -0.15) is 0 Å². The third kappa shape index (κ3) is 4.42. The lowest BCUT2D eigenvalue weighted by Crippen LogP contribution is -2.21. The van der Waals surface area contributed by atoms with E-state index in [1.165, 1.54) is 5.56 Å². The lowest BCUT2D eigenvalue weighted by atomic mass is 9.95. The summed E-state index contributed by atoms with van der Waals surface area (Å²) in [5.74, 6) is 0.609. The number of hydrogen-bond donors (Lipinski definition) is 1. The second-order valence-electron chi connectivity index (χ2n) is 6.63. The van der Waals surface area contributed by atoms with Crippen molar-refractivity contribution in [3.63, 3.8) is 0 Å². The number of nitrogens with two attached hydrogens (primary N) is 1. The Morgan fingerprint density at radius 2 is 1.43 bits per heavy atom. The fraction of sp³-hybridized carbons (Fsp3) is 0.350. The number of amides is 1. The first-order valence-corrected chi connectivity index (χ1v) is 8.06. The van der Waals surface area contributed by atoms with Crippen molar-refractivity contribution in [3.05, 3.63) is 59.7 Å². The Hall–Kier alpha value is -2.13. The molecule has 3 nitrogen and oxygen atoms in total. The largest absolute Gasteiger partial charge is 0.345 e. The van der Waals surface area contributed by atoms with Gasteiger partial charge < -0.3 is 10.6 Å². The number of hydrogen-bond acceptors (Lipinski definition) is 2. The van der Waals surface area contributed by atoms with E-state index in [4.69, 9.17) is 5.73 Å². The molecule has 0 saturated carbocycles. The minimum atomic E-state index is 0.0200. The fourth-order valence-electron chi connectivity index (χ4n) is 2.63. The van der Waals surface area contributed by atoms with Crippen LogP contribution in [0.2, 0.25) is 0 Å². The highest BCUT2D eigenvalue weighted by molar-refractivity contribution is 5.94. The first-order valence-electron chi connectivity index (χ1n) is 8.06. The molecule has 1 unspecified atom stereocenters. The number of nitrogens with zero attached hydrogens (tertiary/aromatic N) is 1. The van der Waals surface area contributed by atoms with E-state index in [1.807, 2.05) is 24.3 Å². The van der Waals surface area contributed by atoms with Crippen molar-refractivity contribution in [1.29, 1.82) is 0 Å². The molecule has 122 valence electrons. The monoisotopic (exact) mass is 310 g/mol. The highest BCUT2D eigenvalue weighted by Gasteiger charge is 2.10. The van der Waals surface area contributed by atoms with Crippen LogP contribution in [0.5, 0.6) is 0 Å². The van der Waals surface area contributed by atoms with Gasteiger partial charge in [0, 0.05) is 25.7 Å². The van der Waals surface area contributed by atoms with Gasteiger partial charge >= 0.3 is 0 Å². The van der Waals surface area contributed by atoms with Gasteiger partial charge in [0.1, 0.15) is 0 Å². The molecule has 0 spiro atoms. The van der Waals surface area contributed by atoms with Crippen molar-refractivity contribution >= 4 is 5.91 Å². The van der Waals surface area contributed by atoms with Gasteiger partial charge in [0.25, 0.3) is 5.91 Å². The van der Waals surface area contributed by atoms with Gasteiger partial charge in [0.15, 0.2) is 0 Å². The molecular formula is C20H26N2O. The first-order chi connectivity index (χ1) is 10.9. The third-order valence-corrected chi connectivity index (χ3v) is 3.94. The van der Waals surface area contributed by atoms with Gasteiger partial charge in [0.2, 0.25) is 0 Å². The third-order valence-electron chi connectivity index (χ3n) is 3.94. The molecule has 0 radical (unpaired) electrons. The highest BCUT2D eigenvalue weighted by Crippen LogP contribution is 2.24. The van der Waals surface area contributed by atoms with Crippen LogP contribution in [0.25, 0.3) is 11.1 Å². The van der Waals surface area contributed by atoms with Crippen molar-refractivity contribution in [1.82, 2.24) is 4.90 Å². The smallest absolute Gasteiger partial charge is 0.253 e. The van der Waals surface area contributed by atoms with Crippen LogP contribution in [0.4, 0.5) is 0 Å². The second-order valence-corrected chi connectivity index (χ2v) is 6.63. The molecule has 2 N–H and O–H groups in total. The van der Waals surface area contributed by atoms with E-state index in [9.17, 15) is 4.79 Å². The predicted octanol–water partition coefficient (Wildman–Crippen LogP) is 4.10. The maximum absolute atomic E-state index is 11.9. The van der Waals surface area contributed by atoms with E-state index in [0.29, 0.717) is 11.5 Å². The topological polar surface area (TPSA) is 46.3 Å². The van der Waals surface area contributed by atoms with Gasteiger partial charge in [-0.3, -0.25) is 4.79 Å². The van der Waals surface area contributed by atoms with Crippen LogP contribution in [-0.2, 0) is 0 Å². The number of benzene rings is 2. The fourth-order valence-corrected chi connectivity index (χ4v) is 2.63. The molecule has 1 atom stereocenters. The van der Waals surface area contributed by atoms with Crippen LogP contribution >= 0.6 is 0 Å². The van der Waals surface area contributed by atoms with E-state index < -0.39 is 0 Å². The van der Waals surface area contributed by atoms with E-state index in [-0.39, 0.29) is 11.9 Å². The summed E-state index contributed by atoms with van der Waals surface area (Å²) in [5.41, 5.74) is 10.3. The van der Waals surface area contributed by atoms with Gasteiger partial charge in [0.05, 0.1) is 0 Å². The van der Waals surface area contributed by atoms with Crippen LogP contribution in [-0.4, -0.2) is 24.9 Å². The highest BCUT2D eigenvalue weighted by atomic mass is 16.2. The van der Waals surface area contributed by atoms with E-state index in [0.717, 1.165) is 17.5 Å². The molecule has 0 aliphatic rings. The number of carbonyl (C=O) groups excluding carboxylic acids is 1. The summed E-state index contributed by atoms with van der Waals surface area (Å²) in [6, 6.07) is 16.2. The Morgan fingerprint density at radius 1 is 0.957 bits per heavy atom. The molecule has 0 aromatic heterocycles. The minimum Gasteiger partial charge on any atom is -0.345 e. The molecule has 2 aromatic carbocycles. The molecule has 2 aromatic rings. The maximum atomic E-state index is 11.9. The zero-order chi connectivity index (χ0) is 17.0. The molecule has 0 bridgehead atoms. The van der Waals surface area contributed by atoms with Crippen molar-refractivity contribution in [2.24, 2.45) is 11.7 Å². The summed E-state index contributed by atoms with van der Waals surface area (Å²) in [5, 5.41) is 0. The average molecular weight is 310 g/mol. The molecule has 0 fully saturated rings. The van der Waals surface area contributed by atoms with Crippen molar-refractivity contribution in [2.45, 2.75) is 26.3 Å². The van der Waals surface area contributed by atoms with Crippen molar-refractivity contribution in [3.8, 4) is 11.1 Å². The molecular weight excluding hydrogens is 284 g/mol. The van der Waals surface area contributed by atoms with Crippen LogP contribution in [0, 0.1) is 5.92 Å². The summed E-state index contributed by atoms with van der Waals surface area (Å²) in [6.07, 6.45) is 0.987. The number of rotatable bonds is 5. The molecule has 0 saturated heterocycles. The molecule has 0 aliphatic heterocycles. The molecule has 2 rings (SSSR count). The van der Waals surface area contributed by atoms with Crippen LogP contribution in [0.15, 0.2) is 48.5 Å². The summed E-state index contributed by atoms with van der Waals surface area (Å²) in [7, 11) is 3.52. The predicted molar refractivity (Wildman–Crippen MR) is 96.3 cm³/mol. The summed E-state index contributed by atoms with van der Waals surface area (Å²) < 4.78 is 0. The molecule has 0 heterocycles. The van der Waals surface area contributed by atoms with Gasteiger partial charge in [-0.05, 0) is 41.2 Å². The Labute approximate surface area is 139 Å². The molecule has 3 heteroatoms. The Balaban J connectivity index is 2.15. The van der Waals surface area contributed by atoms with Crippen LogP contribution in [0.1, 0.15) is 42.2 Å². The average Bonchev–Trinajstić information content (AvgIpc) is 2.53. The van der Waals surface area contributed by atoms with Crippen molar-refractivity contribution < 1.29 is 4.79 Å². The molecule has 0 aliphatic carbocycles. The lowest BCUT2D eigenvalue weighted by Gasteiger charge is -2.15. The molecule has 23 heavy (non-hydrogen) atoms. The normalized spacial score (nSPS) is 12.3. The van der Waals surface area contributed by atoms with Crippen LogP contribution in [0.3, 0.4) is 0 Å². The Morgan fingerprint density at radius 3 is 1.87 bits per heavy atom. The van der Waals surface area contributed by atoms with E-state index in [2.05, 4.69) is 38.1 Å². The van der Waals surface area contributed by atoms with Gasteiger partial charge in [-0.1, -0.05) is 50.2 Å². The SMILES string of the molecule is CC(C)CC(N)c1ccc(-c2ccc(C(=O)N(C)C)cc2)cc1. The zero-order valence-electron chi connectivity index (χ0n) is 14.4. The van der Waals surface area contributed by atoms with E-state index in [1.54, 1.807) is 19.0 Å². The quantitative estimate of drug-likeness (QED) is 0.903. The Kier molecular flexibility index (Phi) is 5.56. The summed E-state index contributed by atoms with van der Waals surface area (Å²) >= 11 is 0. The van der Waals surface area contributed by atoms with Crippen LogP contribution < -0.4 is 5.73 Å². The number of carbonyl (C=O) groups is 1. The van der Waals surface area contributed by atoms with Crippen molar-refractivity contribution in [2.75, 3.05) is 14.1 Å². The zero-order valence-corrected chi connectivity index (χ0v) is 14.4. The van der Waals surface area contributed by atoms with Gasteiger partial charge in [-0.25, -0.2) is 0 Å². The Bertz CT molecular complexity index is 642. The summed E-state index contributed by atoms with van der Waals surface area (Å²) in [4.78, 5) is 13.5.